The van der Waals surface area contributed by atoms with E-state index in [1.165, 1.54) is 17.3 Å². The first-order valence-corrected chi connectivity index (χ1v) is 10.8. The van der Waals surface area contributed by atoms with E-state index in [4.69, 9.17) is 21.7 Å². The van der Waals surface area contributed by atoms with Gasteiger partial charge >= 0.3 is 0 Å². The highest BCUT2D eigenvalue weighted by atomic mass is 79.9. The molecule has 0 aliphatic rings. The smallest absolute Gasteiger partial charge is 0.160 e. The van der Waals surface area contributed by atoms with Crippen LogP contribution in [0.1, 0.15) is 22.3 Å². The van der Waals surface area contributed by atoms with Crippen LogP contribution in [0.25, 0.3) is 0 Å². The van der Waals surface area contributed by atoms with Gasteiger partial charge < -0.3 is 17.2 Å². The Morgan fingerprint density at radius 2 is 1.33 bits per heavy atom. The normalized spacial score (nSPS) is 8.50. The summed E-state index contributed by atoms with van der Waals surface area (Å²) in [6.07, 6.45) is 0.930. The van der Waals surface area contributed by atoms with Gasteiger partial charge in [0, 0.05) is 11.1 Å². The molecule has 0 bridgehead atoms. The van der Waals surface area contributed by atoms with Crippen molar-refractivity contribution in [2.24, 2.45) is 17.2 Å². The number of nitriles is 2. The number of halogens is 2. The molecular formula is C20H24Br2N6S2. The van der Waals surface area contributed by atoms with Gasteiger partial charge in [0.1, 0.15) is 0 Å². The molecule has 7 N–H and O–H groups in total. The summed E-state index contributed by atoms with van der Waals surface area (Å²) < 4.78 is 0. The van der Waals surface area contributed by atoms with Crippen LogP contribution < -0.4 is 17.2 Å². The van der Waals surface area contributed by atoms with Crippen molar-refractivity contribution in [1.82, 2.24) is 0 Å². The van der Waals surface area contributed by atoms with Crippen LogP contribution in [-0.4, -0.2) is 10.3 Å². The summed E-state index contributed by atoms with van der Waals surface area (Å²) in [5, 5.41) is 25.0. The average molecular weight is 572 g/mol. The molecule has 0 aliphatic heterocycles. The van der Waals surface area contributed by atoms with E-state index in [0.717, 1.165) is 22.0 Å². The molecule has 0 aromatic heterocycles. The zero-order valence-corrected chi connectivity index (χ0v) is 21.1. The minimum atomic E-state index is 0. The first kappa shape index (κ1) is 30.1. The maximum Gasteiger partial charge on any atom is 0.160 e. The third-order valence-corrected chi connectivity index (χ3v) is 4.53. The van der Waals surface area contributed by atoms with E-state index in [-0.39, 0.29) is 27.3 Å². The zero-order chi connectivity index (χ0) is 22.1. The molecule has 0 fully saturated rings. The summed E-state index contributed by atoms with van der Waals surface area (Å²) in [7, 11) is 0. The molecule has 0 radical (unpaired) electrons. The van der Waals surface area contributed by atoms with Crippen LogP contribution in [0, 0.1) is 28.1 Å². The fourth-order valence-corrected chi connectivity index (χ4v) is 2.85. The lowest BCUT2D eigenvalue weighted by atomic mass is 10.1. The van der Waals surface area contributed by atoms with Gasteiger partial charge in [0.25, 0.3) is 0 Å². The lowest BCUT2D eigenvalue weighted by Gasteiger charge is -2.01. The van der Waals surface area contributed by atoms with Gasteiger partial charge in [0.05, 0.1) is 25.0 Å². The first-order chi connectivity index (χ1) is 13.8. The summed E-state index contributed by atoms with van der Waals surface area (Å²) >= 11 is 8.74. The fourth-order valence-electron chi connectivity index (χ4n) is 2.00. The van der Waals surface area contributed by atoms with Gasteiger partial charge in [0.15, 0.2) is 10.3 Å². The largest absolute Gasteiger partial charge is 0.379 e. The van der Waals surface area contributed by atoms with Gasteiger partial charge in [-0.3, -0.25) is 5.41 Å². The molecule has 2 rings (SSSR count). The van der Waals surface area contributed by atoms with Crippen molar-refractivity contribution in [2.45, 2.75) is 23.9 Å². The SMILES string of the molecule is Br.N#CCc1cccc(CBr)c1.N#CCc1cccc(CSC(=N)N)c1.NC(N)=S. The lowest BCUT2D eigenvalue weighted by molar-refractivity contribution is 1.24. The molecule has 2 aromatic carbocycles. The van der Waals surface area contributed by atoms with Crippen molar-refractivity contribution >= 4 is 67.2 Å². The highest BCUT2D eigenvalue weighted by Gasteiger charge is 1.97. The molecule has 6 nitrogen and oxygen atoms in total. The molecular weight excluding hydrogens is 548 g/mol. The van der Waals surface area contributed by atoms with Crippen LogP contribution in [0.3, 0.4) is 0 Å². The molecule has 0 saturated carbocycles. The highest BCUT2D eigenvalue weighted by molar-refractivity contribution is 9.08. The molecule has 2 aromatic rings. The molecule has 30 heavy (non-hydrogen) atoms. The van der Waals surface area contributed by atoms with E-state index >= 15 is 0 Å². The van der Waals surface area contributed by atoms with E-state index in [0.29, 0.717) is 18.6 Å². The first-order valence-electron chi connectivity index (χ1n) is 8.29. The predicted octanol–water partition coefficient (Wildman–Crippen LogP) is 4.29. The minimum absolute atomic E-state index is 0. The van der Waals surface area contributed by atoms with Crippen LogP contribution in [0.4, 0.5) is 0 Å². The number of thioether (sulfide) groups is 1. The molecule has 0 spiro atoms. The predicted molar refractivity (Wildman–Crippen MR) is 139 cm³/mol. The fraction of sp³-hybridized carbons (Fsp3) is 0.200. The second-order valence-electron chi connectivity index (χ2n) is 5.50. The number of thiocarbonyl (C=S) groups is 1. The molecule has 0 unspecified atom stereocenters. The monoisotopic (exact) mass is 570 g/mol. The summed E-state index contributed by atoms with van der Waals surface area (Å²) in [6, 6.07) is 20.0. The lowest BCUT2D eigenvalue weighted by Crippen LogP contribution is -2.18. The van der Waals surface area contributed by atoms with E-state index in [1.54, 1.807) is 0 Å². The number of nitrogens with two attached hydrogens (primary N) is 3. The maximum absolute atomic E-state index is 8.52. The van der Waals surface area contributed by atoms with Crippen LogP contribution in [0.2, 0.25) is 0 Å². The van der Waals surface area contributed by atoms with Crippen molar-refractivity contribution in [3.8, 4) is 12.1 Å². The number of amidine groups is 1. The minimum Gasteiger partial charge on any atom is -0.379 e. The van der Waals surface area contributed by atoms with Crippen LogP contribution in [0.15, 0.2) is 48.5 Å². The molecule has 0 saturated heterocycles. The molecule has 0 atom stereocenters. The standard InChI is InChI=1S/C10H11N3S.C9H8BrN.CH4N2S.BrH/c11-5-4-8-2-1-3-9(6-8)7-14-10(12)13;10-7-9-3-1-2-8(6-9)4-5-11;2-1(3)4;/h1-3,6H,4,7H2,(H3,12,13);1-3,6H,4,7H2;(H4,2,3,4);1H. The molecule has 0 amide bonds. The number of alkyl halides is 1. The summed E-state index contributed by atoms with van der Waals surface area (Å²) in [6.45, 7) is 0. The number of benzene rings is 2. The Balaban J connectivity index is 0. The third-order valence-electron chi connectivity index (χ3n) is 3.10. The Morgan fingerprint density at radius 3 is 1.73 bits per heavy atom. The molecule has 0 heterocycles. The second kappa shape index (κ2) is 18.9. The van der Waals surface area contributed by atoms with Gasteiger partial charge in [-0.05, 0) is 34.5 Å². The Labute approximate surface area is 206 Å². The van der Waals surface area contributed by atoms with Gasteiger partial charge in [0.2, 0.25) is 0 Å². The van der Waals surface area contributed by atoms with Crippen LogP contribution in [0.5, 0.6) is 0 Å². The van der Waals surface area contributed by atoms with Gasteiger partial charge in [-0.2, -0.15) is 10.5 Å². The van der Waals surface area contributed by atoms with Gasteiger partial charge in [-0.15, -0.1) is 17.0 Å². The summed E-state index contributed by atoms with van der Waals surface area (Å²) in [5.41, 5.74) is 18.9. The quantitative estimate of drug-likeness (QED) is 0.181. The van der Waals surface area contributed by atoms with Crippen molar-refractivity contribution < 1.29 is 0 Å². The Hall–Kier alpha value is -2.11. The number of nitrogens with zero attached hydrogens (tertiary/aromatic N) is 2. The number of hydrogen-bond acceptors (Lipinski definition) is 5. The zero-order valence-electron chi connectivity index (χ0n) is 16.2. The average Bonchev–Trinajstić information content (AvgIpc) is 2.67. The van der Waals surface area contributed by atoms with Crippen LogP contribution >= 0.6 is 56.9 Å². The van der Waals surface area contributed by atoms with Gasteiger partial charge in [-0.1, -0.05) is 76.2 Å². The Morgan fingerprint density at radius 1 is 0.933 bits per heavy atom. The topological polar surface area (TPSA) is 149 Å². The molecule has 0 aliphatic carbocycles. The van der Waals surface area contributed by atoms with Gasteiger partial charge in [-0.25, -0.2) is 0 Å². The summed E-state index contributed by atoms with van der Waals surface area (Å²) in [4.78, 5) is 0. The van der Waals surface area contributed by atoms with Crippen molar-refractivity contribution in [3.05, 3.63) is 70.8 Å². The van der Waals surface area contributed by atoms with Crippen molar-refractivity contribution in [1.29, 1.82) is 15.9 Å². The third kappa shape index (κ3) is 16.8. The van der Waals surface area contributed by atoms with E-state index in [2.05, 4.69) is 51.8 Å². The van der Waals surface area contributed by atoms with E-state index in [1.807, 2.05) is 48.5 Å². The Kier molecular flexibility index (Phi) is 18.9. The number of nitrogens with one attached hydrogen (secondary N) is 1. The van der Waals surface area contributed by atoms with Crippen molar-refractivity contribution in [3.63, 3.8) is 0 Å². The maximum atomic E-state index is 8.52. The number of hydrogen-bond donors (Lipinski definition) is 4. The van der Waals surface area contributed by atoms with E-state index < -0.39 is 0 Å². The summed E-state index contributed by atoms with van der Waals surface area (Å²) in [5.74, 6) is 0.689. The van der Waals surface area contributed by atoms with Crippen LogP contribution in [-0.2, 0) is 23.9 Å². The number of rotatable bonds is 5. The molecule has 10 heteroatoms. The second-order valence-corrected chi connectivity index (χ2v) is 7.55. The highest BCUT2D eigenvalue weighted by Crippen LogP contribution is 2.13. The Bertz CT molecular complexity index is 874. The van der Waals surface area contributed by atoms with Crippen molar-refractivity contribution in [2.75, 3.05) is 0 Å². The molecule has 160 valence electrons. The van der Waals surface area contributed by atoms with E-state index in [9.17, 15) is 0 Å².